The summed E-state index contributed by atoms with van der Waals surface area (Å²) in [5.41, 5.74) is 2.77. The lowest BCUT2D eigenvalue weighted by Gasteiger charge is -2.20. The summed E-state index contributed by atoms with van der Waals surface area (Å²) in [7, 11) is -3.67. The second-order valence-corrected chi connectivity index (χ2v) is 9.46. The van der Waals surface area contributed by atoms with Crippen molar-refractivity contribution in [3.63, 3.8) is 0 Å². The van der Waals surface area contributed by atoms with Gasteiger partial charge in [0, 0.05) is 31.0 Å². The SMILES string of the molecule is CCOc1ccc(NC(=O)CN2CCc3ccccc32)cc1S(=O)(=O)N1CCCC1. The van der Waals surface area contributed by atoms with Crippen LogP contribution in [0, 0.1) is 0 Å². The predicted molar refractivity (Wildman–Crippen MR) is 117 cm³/mol. The number of carbonyl (C=O) groups excluding carboxylic acids is 1. The normalized spacial score (nSPS) is 16.5. The van der Waals surface area contributed by atoms with Crippen LogP contribution in [-0.2, 0) is 21.2 Å². The zero-order chi connectivity index (χ0) is 21.1. The van der Waals surface area contributed by atoms with Crippen LogP contribution in [0.4, 0.5) is 11.4 Å². The fourth-order valence-corrected chi connectivity index (χ4v) is 5.75. The lowest BCUT2D eigenvalue weighted by Crippen LogP contribution is -2.32. The van der Waals surface area contributed by atoms with Crippen LogP contribution >= 0.6 is 0 Å². The van der Waals surface area contributed by atoms with Gasteiger partial charge >= 0.3 is 0 Å². The summed E-state index contributed by atoms with van der Waals surface area (Å²) >= 11 is 0. The third-order valence-electron chi connectivity index (χ3n) is 5.53. The summed E-state index contributed by atoms with van der Waals surface area (Å²) in [6.45, 7) is 4.22. The molecular formula is C22H27N3O4S. The Bertz CT molecular complexity index is 1030. The van der Waals surface area contributed by atoms with Gasteiger partial charge in [0.2, 0.25) is 15.9 Å². The van der Waals surface area contributed by atoms with Crippen molar-refractivity contribution in [3.05, 3.63) is 48.0 Å². The van der Waals surface area contributed by atoms with Crippen LogP contribution in [0.5, 0.6) is 5.75 Å². The molecule has 4 rings (SSSR count). The second-order valence-electron chi connectivity index (χ2n) is 7.55. The molecule has 2 aromatic carbocycles. The number of carbonyl (C=O) groups is 1. The van der Waals surface area contributed by atoms with Gasteiger partial charge in [0.1, 0.15) is 10.6 Å². The summed E-state index contributed by atoms with van der Waals surface area (Å²) in [4.78, 5) is 14.8. The van der Waals surface area contributed by atoms with E-state index >= 15 is 0 Å². The van der Waals surface area contributed by atoms with Crippen molar-refractivity contribution < 1.29 is 17.9 Å². The number of nitrogens with one attached hydrogen (secondary N) is 1. The number of rotatable bonds is 7. The molecule has 0 aromatic heterocycles. The molecule has 0 aliphatic carbocycles. The maximum atomic E-state index is 13.1. The summed E-state index contributed by atoms with van der Waals surface area (Å²) in [5.74, 6) is 0.135. The van der Waals surface area contributed by atoms with Gasteiger partial charge in [0.15, 0.2) is 0 Å². The largest absolute Gasteiger partial charge is 0.492 e. The van der Waals surface area contributed by atoms with E-state index in [0.717, 1.165) is 31.5 Å². The number of anilines is 2. The predicted octanol–water partition coefficient (Wildman–Crippen LogP) is 2.87. The molecule has 160 valence electrons. The molecule has 1 saturated heterocycles. The van der Waals surface area contributed by atoms with E-state index in [2.05, 4.69) is 11.4 Å². The highest BCUT2D eigenvalue weighted by Crippen LogP contribution is 2.32. The van der Waals surface area contributed by atoms with Gasteiger partial charge in [0.25, 0.3) is 0 Å². The Labute approximate surface area is 177 Å². The number of para-hydroxylation sites is 1. The number of hydrogen-bond acceptors (Lipinski definition) is 5. The van der Waals surface area contributed by atoms with E-state index in [1.807, 2.05) is 30.0 Å². The first-order chi connectivity index (χ1) is 14.5. The maximum Gasteiger partial charge on any atom is 0.246 e. The van der Waals surface area contributed by atoms with Gasteiger partial charge in [-0.25, -0.2) is 8.42 Å². The number of sulfonamides is 1. The molecule has 30 heavy (non-hydrogen) atoms. The summed E-state index contributed by atoms with van der Waals surface area (Å²) < 4.78 is 33.3. The van der Waals surface area contributed by atoms with E-state index in [0.29, 0.717) is 31.1 Å². The molecule has 8 heteroatoms. The Morgan fingerprint density at radius 3 is 2.63 bits per heavy atom. The van der Waals surface area contributed by atoms with Crippen molar-refractivity contribution in [1.82, 2.24) is 4.31 Å². The minimum absolute atomic E-state index is 0.107. The first-order valence-electron chi connectivity index (χ1n) is 10.4. The highest BCUT2D eigenvalue weighted by atomic mass is 32.2. The van der Waals surface area contributed by atoms with Gasteiger partial charge in [-0.3, -0.25) is 4.79 Å². The van der Waals surface area contributed by atoms with E-state index in [-0.39, 0.29) is 17.3 Å². The minimum Gasteiger partial charge on any atom is -0.492 e. The van der Waals surface area contributed by atoms with Crippen molar-refractivity contribution in [2.75, 3.05) is 43.0 Å². The molecule has 2 aliphatic heterocycles. The van der Waals surface area contributed by atoms with Crippen molar-refractivity contribution in [2.24, 2.45) is 0 Å². The second kappa shape index (κ2) is 8.65. The summed E-state index contributed by atoms with van der Waals surface area (Å²) in [5, 5.41) is 2.85. The van der Waals surface area contributed by atoms with Gasteiger partial charge in [-0.2, -0.15) is 4.31 Å². The number of benzene rings is 2. The van der Waals surface area contributed by atoms with Gasteiger partial charge in [-0.1, -0.05) is 18.2 Å². The first-order valence-corrected chi connectivity index (χ1v) is 11.8. The Morgan fingerprint density at radius 2 is 1.87 bits per heavy atom. The monoisotopic (exact) mass is 429 g/mol. The molecule has 1 N–H and O–H groups in total. The molecular weight excluding hydrogens is 402 g/mol. The van der Waals surface area contributed by atoms with Crippen molar-refractivity contribution in [3.8, 4) is 5.75 Å². The molecule has 0 spiro atoms. The van der Waals surface area contributed by atoms with Crippen molar-refractivity contribution in [1.29, 1.82) is 0 Å². The zero-order valence-corrected chi connectivity index (χ0v) is 18.0. The van der Waals surface area contributed by atoms with Crippen LogP contribution in [0.15, 0.2) is 47.4 Å². The molecule has 2 aromatic rings. The lowest BCUT2D eigenvalue weighted by molar-refractivity contribution is -0.115. The third-order valence-corrected chi connectivity index (χ3v) is 7.45. The quantitative estimate of drug-likeness (QED) is 0.732. The molecule has 1 amide bonds. The van der Waals surface area contributed by atoms with E-state index in [1.54, 1.807) is 12.1 Å². The molecule has 0 unspecified atom stereocenters. The topological polar surface area (TPSA) is 79.0 Å². The average Bonchev–Trinajstić information content (AvgIpc) is 3.40. The van der Waals surface area contributed by atoms with E-state index in [9.17, 15) is 13.2 Å². The molecule has 2 heterocycles. The van der Waals surface area contributed by atoms with Crippen LogP contribution in [0.2, 0.25) is 0 Å². The Kier molecular flexibility index (Phi) is 5.97. The molecule has 0 saturated carbocycles. The number of hydrogen-bond donors (Lipinski definition) is 1. The van der Waals surface area contributed by atoms with Crippen LogP contribution in [0.25, 0.3) is 0 Å². The molecule has 0 bridgehead atoms. The smallest absolute Gasteiger partial charge is 0.246 e. The molecule has 0 atom stereocenters. The Hall–Kier alpha value is -2.58. The van der Waals surface area contributed by atoms with Crippen LogP contribution in [0.1, 0.15) is 25.3 Å². The third kappa shape index (κ3) is 4.15. The van der Waals surface area contributed by atoms with Gasteiger partial charge in [0.05, 0.1) is 13.2 Å². The van der Waals surface area contributed by atoms with Gasteiger partial charge in [-0.15, -0.1) is 0 Å². The fraction of sp³-hybridized carbons (Fsp3) is 0.409. The minimum atomic E-state index is -3.67. The summed E-state index contributed by atoms with van der Waals surface area (Å²) in [6.07, 6.45) is 2.64. The van der Waals surface area contributed by atoms with E-state index in [4.69, 9.17) is 4.74 Å². The number of nitrogens with zero attached hydrogens (tertiary/aromatic N) is 2. The maximum absolute atomic E-state index is 13.1. The first kappa shape index (κ1) is 20.7. The highest BCUT2D eigenvalue weighted by Gasteiger charge is 2.30. The van der Waals surface area contributed by atoms with E-state index in [1.165, 1.54) is 15.9 Å². The average molecular weight is 430 g/mol. The lowest BCUT2D eigenvalue weighted by atomic mass is 10.2. The van der Waals surface area contributed by atoms with Crippen LogP contribution < -0.4 is 15.0 Å². The Balaban J connectivity index is 1.52. The zero-order valence-electron chi connectivity index (χ0n) is 17.1. The van der Waals surface area contributed by atoms with Crippen LogP contribution in [-0.4, -0.2) is 51.4 Å². The molecule has 1 fully saturated rings. The molecule has 7 nitrogen and oxygen atoms in total. The van der Waals surface area contributed by atoms with Gasteiger partial charge in [-0.05, 0) is 56.0 Å². The van der Waals surface area contributed by atoms with Crippen molar-refractivity contribution in [2.45, 2.75) is 31.1 Å². The number of amides is 1. The Morgan fingerprint density at radius 1 is 1.10 bits per heavy atom. The molecule has 0 radical (unpaired) electrons. The number of ether oxygens (including phenoxy) is 1. The summed E-state index contributed by atoms with van der Waals surface area (Å²) in [6, 6.07) is 12.9. The highest BCUT2D eigenvalue weighted by molar-refractivity contribution is 7.89. The van der Waals surface area contributed by atoms with E-state index < -0.39 is 10.0 Å². The number of fused-ring (bicyclic) bond motifs is 1. The fourth-order valence-electron chi connectivity index (χ4n) is 4.07. The van der Waals surface area contributed by atoms with Gasteiger partial charge < -0.3 is 15.0 Å². The van der Waals surface area contributed by atoms with Crippen molar-refractivity contribution >= 4 is 27.3 Å². The standard InChI is InChI=1S/C22H27N3O4S/c1-2-29-20-10-9-18(15-21(20)30(27,28)25-12-5-6-13-25)23-22(26)16-24-14-11-17-7-3-4-8-19(17)24/h3-4,7-10,15H,2,5-6,11-14,16H2,1H3,(H,23,26). The van der Waals surface area contributed by atoms with Crippen LogP contribution in [0.3, 0.4) is 0 Å². The molecule has 2 aliphatic rings.